The molecule has 0 unspecified atom stereocenters. The molecule has 2 N–H and O–H groups in total. The van der Waals surface area contributed by atoms with E-state index in [0.717, 1.165) is 70.4 Å². The summed E-state index contributed by atoms with van der Waals surface area (Å²) in [6.07, 6.45) is 4.68. The number of morpholine rings is 1. The van der Waals surface area contributed by atoms with Gasteiger partial charge in [0.25, 0.3) is 0 Å². The summed E-state index contributed by atoms with van der Waals surface area (Å²) in [7, 11) is 0. The molecule has 1 aromatic heterocycles. The Hall–Kier alpha value is -1.24. The van der Waals surface area contributed by atoms with E-state index in [1.807, 2.05) is 6.92 Å². The van der Waals surface area contributed by atoms with Crippen LogP contribution in [-0.2, 0) is 17.6 Å². The molecule has 3 heterocycles. The second-order valence-corrected chi connectivity index (χ2v) is 7.54. The number of aryl methyl sites for hydroxylation is 1. The van der Waals surface area contributed by atoms with E-state index in [1.54, 1.807) is 0 Å². The van der Waals surface area contributed by atoms with E-state index in [1.165, 1.54) is 30.6 Å². The van der Waals surface area contributed by atoms with Crippen LogP contribution in [0.2, 0.25) is 0 Å². The van der Waals surface area contributed by atoms with Crippen LogP contribution in [0, 0.1) is 12.3 Å². The van der Waals surface area contributed by atoms with Crippen LogP contribution in [0.15, 0.2) is 0 Å². The highest BCUT2D eigenvalue weighted by molar-refractivity contribution is 5.48. The normalized spacial score (nSPS) is 23.4. The van der Waals surface area contributed by atoms with Gasteiger partial charge in [0.15, 0.2) is 0 Å². The second-order valence-electron chi connectivity index (χ2n) is 7.54. The molecule has 3 aliphatic rings. The minimum atomic E-state index is 0.437. The summed E-state index contributed by atoms with van der Waals surface area (Å²) in [6.45, 7) is 10.2. The number of aromatic nitrogens is 2. The lowest BCUT2D eigenvalue weighted by Gasteiger charge is -2.31. The fourth-order valence-corrected chi connectivity index (χ4v) is 3.89. The van der Waals surface area contributed by atoms with Gasteiger partial charge in [0.05, 0.1) is 18.9 Å². The van der Waals surface area contributed by atoms with E-state index in [9.17, 15) is 0 Å². The molecule has 6 nitrogen and oxygen atoms in total. The number of nitrogens with one attached hydrogen (secondary N) is 2. The van der Waals surface area contributed by atoms with Gasteiger partial charge in [0, 0.05) is 50.1 Å². The highest BCUT2D eigenvalue weighted by Crippen LogP contribution is 2.46. The molecule has 1 saturated carbocycles. The van der Waals surface area contributed by atoms with Gasteiger partial charge >= 0.3 is 0 Å². The van der Waals surface area contributed by atoms with Crippen molar-refractivity contribution in [2.24, 2.45) is 5.41 Å². The number of fused-ring (bicyclic) bond motifs is 1. The average Bonchev–Trinajstić information content (AvgIpc) is 3.37. The summed E-state index contributed by atoms with van der Waals surface area (Å²) >= 11 is 0. The molecule has 1 aliphatic carbocycles. The first kappa shape index (κ1) is 16.2. The number of nitrogens with zero attached hydrogens (tertiary/aromatic N) is 3. The number of ether oxygens (including phenoxy) is 1. The van der Waals surface area contributed by atoms with Crippen molar-refractivity contribution in [3.05, 3.63) is 17.1 Å². The summed E-state index contributed by atoms with van der Waals surface area (Å²) in [6, 6.07) is 0. The van der Waals surface area contributed by atoms with Crippen molar-refractivity contribution < 1.29 is 4.74 Å². The molecular formula is C18H29N5O. The molecule has 0 radical (unpaired) electrons. The minimum absolute atomic E-state index is 0.437. The smallest absolute Gasteiger partial charge is 0.133 e. The second kappa shape index (κ2) is 6.94. The molecule has 2 fully saturated rings. The Labute approximate surface area is 144 Å². The van der Waals surface area contributed by atoms with Gasteiger partial charge in [-0.05, 0) is 32.7 Å². The largest absolute Gasteiger partial charge is 0.379 e. The topological polar surface area (TPSA) is 62.3 Å². The first-order valence-electron chi connectivity index (χ1n) is 9.35. The van der Waals surface area contributed by atoms with E-state index >= 15 is 0 Å². The number of anilines is 1. The molecule has 4 rings (SSSR count). The summed E-state index contributed by atoms with van der Waals surface area (Å²) < 4.78 is 5.47. The van der Waals surface area contributed by atoms with Gasteiger partial charge in [-0.3, -0.25) is 4.90 Å². The Morgan fingerprint density at radius 1 is 1.17 bits per heavy atom. The third-order valence-corrected chi connectivity index (χ3v) is 5.55. The van der Waals surface area contributed by atoms with E-state index in [4.69, 9.17) is 9.72 Å². The average molecular weight is 331 g/mol. The molecular weight excluding hydrogens is 302 g/mol. The van der Waals surface area contributed by atoms with Crippen molar-refractivity contribution in [1.29, 1.82) is 0 Å². The minimum Gasteiger partial charge on any atom is -0.379 e. The van der Waals surface area contributed by atoms with Crippen molar-refractivity contribution in [3.8, 4) is 0 Å². The van der Waals surface area contributed by atoms with Gasteiger partial charge in [-0.2, -0.15) is 0 Å². The van der Waals surface area contributed by atoms with Gasteiger partial charge in [0.2, 0.25) is 0 Å². The number of hydrogen-bond acceptors (Lipinski definition) is 6. The zero-order chi connectivity index (χ0) is 16.4. The molecule has 0 amide bonds. The molecule has 0 spiro atoms. The van der Waals surface area contributed by atoms with E-state index in [0.29, 0.717) is 5.41 Å². The Morgan fingerprint density at radius 3 is 2.75 bits per heavy atom. The van der Waals surface area contributed by atoms with Crippen LogP contribution >= 0.6 is 0 Å². The zero-order valence-corrected chi connectivity index (χ0v) is 14.7. The fourth-order valence-electron chi connectivity index (χ4n) is 3.89. The summed E-state index contributed by atoms with van der Waals surface area (Å²) in [5, 5.41) is 7.16. The van der Waals surface area contributed by atoms with Gasteiger partial charge in [0.1, 0.15) is 11.6 Å². The molecule has 24 heavy (non-hydrogen) atoms. The van der Waals surface area contributed by atoms with Crippen LogP contribution in [0.3, 0.4) is 0 Å². The van der Waals surface area contributed by atoms with Crippen molar-refractivity contribution in [2.75, 3.05) is 57.8 Å². The third-order valence-electron chi connectivity index (χ3n) is 5.55. The quantitative estimate of drug-likeness (QED) is 0.839. The Bertz CT molecular complexity index is 581. The standard InChI is InChI=1S/C18H29N5O/c1-14-21-16-3-7-19-6-2-15(16)17(22-14)20-12-18(4-5-18)13-23-8-10-24-11-9-23/h19H,2-13H2,1H3,(H,20,21,22). The van der Waals surface area contributed by atoms with Gasteiger partial charge in [-0.25, -0.2) is 9.97 Å². The van der Waals surface area contributed by atoms with Crippen LogP contribution in [0.1, 0.15) is 29.9 Å². The monoisotopic (exact) mass is 331 g/mol. The lowest BCUT2D eigenvalue weighted by Crippen LogP contribution is -2.41. The van der Waals surface area contributed by atoms with E-state index < -0.39 is 0 Å². The van der Waals surface area contributed by atoms with Gasteiger partial charge < -0.3 is 15.4 Å². The molecule has 2 aliphatic heterocycles. The summed E-state index contributed by atoms with van der Waals surface area (Å²) in [4.78, 5) is 12.0. The molecule has 6 heteroatoms. The molecule has 0 aromatic carbocycles. The predicted octanol–water partition coefficient (Wildman–Crippen LogP) is 0.998. The first-order valence-corrected chi connectivity index (χ1v) is 9.35. The Morgan fingerprint density at radius 2 is 1.96 bits per heavy atom. The maximum atomic E-state index is 5.47. The van der Waals surface area contributed by atoms with Crippen LogP contribution in [0.25, 0.3) is 0 Å². The van der Waals surface area contributed by atoms with Crippen molar-refractivity contribution in [2.45, 2.75) is 32.6 Å². The van der Waals surface area contributed by atoms with Crippen molar-refractivity contribution in [1.82, 2.24) is 20.2 Å². The lowest BCUT2D eigenvalue weighted by atomic mass is 10.1. The molecule has 0 bridgehead atoms. The summed E-state index contributed by atoms with van der Waals surface area (Å²) in [5.41, 5.74) is 2.99. The molecule has 0 atom stereocenters. The van der Waals surface area contributed by atoms with E-state index in [-0.39, 0.29) is 0 Å². The maximum Gasteiger partial charge on any atom is 0.133 e. The Kier molecular flexibility index (Phi) is 4.70. The number of hydrogen-bond donors (Lipinski definition) is 2. The SMILES string of the molecule is Cc1nc2c(c(NCC3(CN4CCOCC4)CC3)n1)CCNCC2. The molecule has 1 aromatic rings. The van der Waals surface area contributed by atoms with Crippen LogP contribution in [0.4, 0.5) is 5.82 Å². The number of rotatable bonds is 5. The van der Waals surface area contributed by atoms with Crippen LogP contribution < -0.4 is 10.6 Å². The highest BCUT2D eigenvalue weighted by Gasteiger charge is 2.44. The van der Waals surface area contributed by atoms with E-state index in [2.05, 4.69) is 20.5 Å². The highest BCUT2D eigenvalue weighted by atomic mass is 16.5. The lowest BCUT2D eigenvalue weighted by molar-refractivity contribution is 0.0294. The van der Waals surface area contributed by atoms with Gasteiger partial charge in [-0.1, -0.05) is 0 Å². The van der Waals surface area contributed by atoms with Crippen LogP contribution in [0.5, 0.6) is 0 Å². The van der Waals surface area contributed by atoms with Crippen molar-refractivity contribution >= 4 is 5.82 Å². The predicted molar refractivity (Wildman–Crippen MR) is 94.5 cm³/mol. The summed E-state index contributed by atoms with van der Waals surface area (Å²) in [5.74, 6) is 1.96. The van der Waals surface area contributed by atoms with Gasteiger partial charge in [-0.15, -0.1) is 0 Å². The fraction of sp³-hybridized carbons (Fsp3) is 0.778. The molecule has 1 saturated heterocycles. The third kappa shape index (κ3) is 3.71. The van der Waals surface area contributed by atoms with Crippen LogP contribution in [-0.4, -0.2) is 67.4 Å². The molecule has 132 valence electrons. The first-order chi connectivity index (χ1) is 11.7. The Balaban J connectivity index is 1.43. The maximum absolute atomic E-state index is 5.47. The van der Waals surface area contributed by atoms with Crippen molar-refractivity contribution in [3.63, 3.8) is 0 Å². The zero-order valence-electron chi connectivity index (χ0n) is 14.7.